The maximum atomic E-state index is 12.0. The van der Waals surface area contributed by atoms with Crippen LogP contribution in [0.4, 0.5) is 5.69 Å². The number of hydrogen-bond acceptors (Lipinski definition) is 2. The van der Waals surface area contributed by atoms with Gasteiger partial charge in [-0.15, -0.1) is 0 Å². The second-order valence-corrected chi connectivity index (χ2v) is 5.59. The van der Waals surface area contributed by atoms with E-state index in [-0.39, 0.29) is 5.91 Å². The Kier molecular flexibility index (Phi) is 5.34. The molecule has 0 saturated carbocycles. The Labute approximate surface area is 123 Å². The van der Waals surface area contributed by atoms with Gasteiger partial charge < -0.3 is 10.2 Å². The van der Waals surface area contributed by atoms with Crippen molar-refractivity contribution in [3.8, 4) is 0 Å². The lowest BCUT2D eigenvalue weighted by Crippen LogP contribution is -2.36. The first-order valence-corrected chi connectivity index (χ1v) is 7.39. The monoisotopic (exact) mass is 300 g/mol. The van der Waals surface area contributed by atoms with Gasteiger partial charge in [-0.3, -0.25) is 4.79 Å². The van der Waals surface area contributed by atoms with Crippen LogP contribution in [0.3, 0.4) is 0 Å². The zero-order chi connectivity index (χ0) is 13.7. The number of anilines is 1. The minimum absolute atomic E-state index is 0.213. The van der Waals surface area contributed by atoms with E-state index < -0.39 is 0 Å². The largest absolute Gasteiger partial charge is 0.383 e. The van der Waals surface area contributed by atoms with Gasteiger partial charge >= 0.3 is 0 Å². The third-order valence-corrected chi connectivity index (χ3v) is 3.86. The van der Waals surface area contributed by atoms with Crippen molar-refractivity contribution in [2.24, 2.45) is 0 Å². The van der Waals surface area contributed by atoms with Crippen LogP contribution in [-0.4, -0.2) is 30.4 Å². The Balaban J connectivity index is 1.79. The summed E-state index contributed by atoms with van der Waals surface area (Å²) < 4.78 is 0. The summed E-state index contributed by atoms with van der Waals surface area (Å²) in [5.74, 6) is 0.213. The van der Waals surface area contributed by atoms with Crippen molar-refractivity contribution in [2.45, 2.75) is 25.7 Å². The Bertz CT molecular complexity index is 445. The van der Waals surface area contributed by atoms with Crippen LogP contribution in [0.2, 0.25) is 10.0 Å². The van der Waals surface area contributed by atoms with Gasteiger partial charge in [0.15, 0.2) is 0 Å². The van der Waals surface area contributed by atoms with Crippen LogP contribution in [-0.2, 0) is 4.79 Å². The fraction of sp³-hybridized carbons (Fsp3) is 0.500. The molecule has 0 bridgehead atoms. The van der Waals surface area contributed by atoms with Gasteiger partial charge in [-0.25, -0.2) is 0 Å². The van der Waals surface area contributed by atoms with Gasteiger partial charge in [0, 0.05) is 31.1 Å². The SMILES string of the molecule is O=C(CCNc1cc(Cl)ccc1Cl)N1CCCCC1. The Hall–Kier alpha value is -0.930. The van der Waals surface area contributed by atoms with Crippen molar-refractivity contribution in [3.05, 3.63) is 28.2 Å². The second kappa shape index (κ2) is 7.01. The third kappa shape index (κ3) is 4.29. The number of amides is 1. The van der Waals surface area contributed by atoms with Gasteiger partial charge in [0.1, 0.15) is 0 Å². The number of hydrogen-bond donors (Lipinski definition) is 1. The standard InChI is InChI=1S/C14H18Cl2N2O/c15-11-4-5-12(16)13(10-11)17-7-6-14(19)18-8-2-1-3-9-18/h4-5,10,17H,1-3,6-9H2. The number of carbonyl (C=O) groups excluding carboxylic acids is 1. The van der Waals surface area contributed by atoms with E-state index in [1.54, 1.807) is 18.2 Å². The summed E-state index contributed by atoms with van der Waals surface area (Å²) in [6, 6.07) is 5.27. The molecule has 1 aliphatic heterocycles. The predicted octanol–water partition coefficient (Wildman–Crippen LogP) is 3.81. The number of halogens is 2. The van der Waals surface area contributed by atoms with Gasteiger partial charge in [0.25, 0.3) is 0 Å². The lowest BCUT2D eigenvalue weighted by Gasteiger charge is -2.26. The molecule has 2 rings (SSSR count). The molecule has 5 heteroatoms. The summed E-state index contributed by atoms with van der Waals surface area (Å²) in [6.45, 7) is 2.38. The first-order chi connectivity index (χ1) is 9.16. The number of nitrogens with one attached hydrogen (secondary N) is 1. The maximum Gasteiger partial charge on any atom is 0.224 e. The highest BCUT2D eigenvalue weighted by Gasteiger charge is 2.15. The highest BCUT2D eigenvalue weighted by molar-refractivity contribution is 6.35. The number of nitrogens with zero attached hydrogens (tertiary/aromatic N) is 1. The average molecular weight is 301 g/mol. The molecule has 0 unspecified atom stereocenters. The molecule has 0 aromatic heterocycles. The zero-order valence-corrected chi connectivity index (χ0v) is 12.3. The molecule has 19 heavy (non-hydrogen) atoms. The fourth-order valence-electron chi connectivity index (χ4n) is 2.24. The minimum atomic E-state index is 0.213. The molecule has 0 radical (unpaired) electrons. The number of rotatable bonds is 4. The van der Waals surface area contributed by atoms with Gasteiger partial charge in [-0.05, 0) is 37.5 Å². The third-order valence-electron chi connectivity index (χ3n) is 3.29. The molecule has 0 atom stereocenters. The minimum Gasteiger partial charge on any atom is -0.383 e. The topological polar surface area (TPSA) is 32.3 Å². The normalized spacial score (nSPS) is 15.4. The molecular formula is C14H18Cl2N2O. The highest BCUT2D eigenvalue weighted by atomic mass is 35.5. The summed E-state index contributed by atoms with van der Waals surface area (Å²) in [5, 5.41) is 4.41. The molecule has 1 saturated heterocycles. The average Bonchev–Trinajstić information content (AvgIpc) is 2.43. The fourth-order valence-corrected chi connectivity index (χ4v) is 2.59. The van der Waals surface area contributed by atoms with E-state index in [9.17, 15) is 4.79 Å². The molecule has 104 valence electrons. The van der Waals surface area contributed by atoms with Crippen LogP contribution < -0.4 is 5.32 Å². The molecule has 0 aliphatic carbocycles. The van der Waals surface area contributed by atoms with E-state index >= 15 is 0 Å². The van der Waals surface area contributed by atoms with E-state index in [4.69, 9.17) is 23.2 Å². The second-order valence-electron chi connectivity index (χ2n) is 4.74. The summed E-state index contributed by atoms with van der Waals surface area (Å²) in [6.07, 6.45) is 3.97. The Morgan fingerprint density at radius 3 is 2.68 bits per heavy atom. The summed E-state index contributed by atoms with van der Waals surface area (Å²) in [4.78, 5) is 13.9. The predicted molar refractivity (Wildman–Crippen MR) is 80.0 cm³/mol. The molecule has 1 aromatic carbocycles. The molecule has 1 aromatic rings. The van der Waals surface area contributed by atoms with Gasteiger partial charge in [0.05, 0.1) is 10.7 Å². The first kappa shape index (κ1) is 14.5. The van der Waals surface area contributed by atoms with E-state index in [0.717, 1.165) is 31.6 Å². The molecule has 0 spiro atoms. The van der Waals surface area contributed by atoms with E-state index in [1.165, 1.54) is 6.42 Å². The van der Waals surface area contributed by atoms with Crippen LogP contribution in [0.25, 0.3) is 0 Å². The van der Waals surface area contributed by atoms with Crippen LogP contribution >= 0.6 is 23.2 Å². The van der Waals surface area contributed by atoms with E-state index in [2.05, 4.69) is 5.32 Å². The molecular weight excluding hydrogens is 283 g/mol. The van der Waals surface area contributed by atoms with Crippen LogP contribution in [0.5, 0.6) is 0 Å². The van der Waals surface area contributed by atoms with Crippen molar-refractivity contribution in [1.82, 2.24) is 4.90 Å². The van der Waals surface area contributed by atoms with Crippen molar-refractivity contribution in [3.63, 3.8) is 0 Å². The number of piperidine rings is 1. The van der Waals surface area contributed by atoms with Crippen molar-refractivity contribution in [1.29, 1.82) is 0 Å². The van der Waals surface area contributed by atoms with Crippen molar-refractivity contribution >= 4 is 34.8 Å². The van der Waals surface area contributed by atoms with E-state index in [1.807, 2.05) is 4.90 Å². The molecule has 1 amide bonds. The number of likely N-dealkylation sites (tertiary alicyclic amines) is 1. The quantitative estimate of drug-likeness (QED) is 0.917. The van der Waals surface area contributed by atoms with Crippen LogP contribution in [0.15, 0.2) is 18.2 Å². The Morgan fingerprint density at radius 1 is 1.21 bits per heavy atom. The molecule has 3 nitrogen and oxygen atoms in total. The van der Waals surface area contributed by atoms with Gasteiger partial charge in [-0.2, -0.15) is 0 Å². The first-order valence-electron chi connectivity index (χ1n) is 6.63. The van der Waals surface area contributed by atoms with E-state index in [0.29, 0.717) is 23.0 Å². The Morgan fingerprint density at radius 2 is 1.95 bits per heavy atom. The summed E-state index contributed by atoms with van der Waals surface area (Å²) in [7, 11) is 0. The summed E-state index contributed by atoms with van der Waals surface area (Å²) >= 11 is 11.9. The lowest BCUT2D eigenvalue weighted by molar-refractivity contribution is -0.131. The molecule has 1 heterocycles. The van der Waals surface area contributed by atoms with Crippen LogP contribution in [0.1, 0.15) is 25.7 Å². The number of carbonyl (C=O) groups is 1. The highest BCUT2D eigenvalue weighted by Crippen LogP contribution is 2.25. The van der Waals surface area contributed by atoms with Crippen LogP contribution in [0, 0.1) is 0 Å². The maximum absolute atomic E-state index is 12.0. The van der Waals surface area contributed by atoms with Gasteiger partial charge in [-0.1, -0.05) is 23.2 Å². The molecule has 1 N–H and O–H groups in total. The summed E-state index contributed by atoms with van der Waals surface area (Å²) in [5.41, 5.74) is 0.778. The molecule has 1 fully saturated rings. The van der Waals surface area contributed by atoms with Crippen molar-refractivity contribution < 1.29 is 4.79 Å². The number of benzene rings is 1. The zero-order valence-electron chi connectivity index (χ0n) is 10.8. The molecule has 1 aliphatic rings. The smallest absolute Gasteiger partial charge is 0.224 e. The lowest BCUT2D eigenvalue weighted by atomic mass is 10.1. The van der Waals surface area contributed by atoms with Crippen molar-refractivity contribution in [2.75, 3.05) is 25.0 Å². The van der Waals surface area contributed by atoms with Gasteiger partial charge in [0.2, 0.25) is 5.91 Å².